The highest BCUT2D eigenvalue weighted by Gasteiger charge is 2.13. The first-order valence-electron chi connectivity index (χ1n) is 6.18. The molecule has 4 heteroatoms. The highest BCUT2D eigenvalue weighted by molar-refractivity contribution is 4.81. The van der Waals surface area contributed by atoms with Crippen molar-refractivity contribution in [2.45, 2.75) is 27.7 Å². The van der Waals surface area contributed by atoms with Crippen molar-refractivity contribution in [1.82, 2.24) is 9.80 Å². The first-order valence-corrected chi connectivity index (χ1v) is 6.18. The third-order valence-corrected chi connectivity index (χ3v) is 2.24. The number of hydrogen-bond acceptors (Lipinski definition) is 4. The average molecular weight is 236 g/mol. The molecule has 0 atom stereocenters. The lowest BCUT2D eigenvalue weighted by Crippen LogP contribution is -2.41. The van der Waals surface area contributed by atoms with Crippen LogP contribution in [0.4, 0.5) is 0 Å². The van der Waals surface area contributed by atoms with Gasteiger partial charge in [0.2, 0.25) is 0 Å². The molecule has 0 saturated carbocycles. The van der Waals surface area contributed by atoms with Gasteiger partial charge in [-0.2, -0.15) is 10.5 Å². The summed E-state index contributed by atoms with van der Waals surface area (Å²) in [6.07, 6.45) is 0. The van der Waals surface area contributed by atoms with Crippen molar-refractivity contribution in [2.24, 2.45) is 11.8 Å². The van der Waals surface area contributed by atoms with Crippen LogP contribution < -0.4 is 0 Å². The van der Waals surface area contributed by atoms with Crippen LogP contribution in [0.3, 0.4) is 0 Å². The van der Waals surface area contributed by atoms with Crippen molar-refractivity contribution < 1.29 is 0 Å². The van der Waals surface area contributed by atoms with Crippen LogP contribution >= 0.6 is 0 Å². The minimum atomic E-state index is 0.429. The Morgan fingerprint density at radius 3 is 1.41 bits per heavy atom. The molecule has 17 heavy (non-hydrogen) atoms. The molecule has 0 amide bonds. The van der Waals surface area contributed by atoms with E-state index >= 15 is 0 Å². The fourth-order valence-electron chi connectivity index (χ4n) is 1.86. The van der Waals surface area contributed by atoms with Crippen molar-refractivity contribution in [3.05, 3.63) is 0 Å². The van der Waals surface area contributed by atoms with Gasteiger partial charge in [0, 0.05) is 13.1 Å². The zero-order valence-corrected chi connectivity index (χ0v) is 11.5. The Morgan fingerprint density at radius 2 is 1.18 bits per heavy atom. The molecule has 0 N–H and O–H groups in total. The van der Waals surface area contributed by atoms with E-state index in [0.717, 1.165) is 13.1 Å². The van der Waals surface area contributed by atoms with Gasteiger partial charge >= 0.3 is 0 Å². The predicted molar refractivity (Wildman–Crippen MR) is 68.9 cm³/mol. The molecule has 0 saturated heterocycles. The molecule has 0 aromatic carbocycles. The summed E-state index contributed by atoms with van der Waals surface area (Å²) in [4.78, 5) is 4.20. The van der Waals surface area contributed by atoms with Crippen LogP contribution in [0.25, 0.3) is 0 Å². The van der Waals surface area contributed by atoms with Gasteiger partial charge in [0.05, 0.1) is 31.9 Å². The molecule has 0 fully saturated rings. The first kappa shape index (κ1) is 15.9. The van der Waals surface area contributed by atoms with Gasteiger partial charge in [0.25, 0.3) is 0 Å². The molecule has 0 bridgehead atoms. The molecule has 0 heterocycles. The van der Waals surface area contributed by atoms with Crippen molar-refractivity contribution in [3.63, 3.8) is 0 Å². The largest absolute Gasteiger partial charge is 0.277 e. The minimum Gasteiger partial charge on any atom is -0.277 e. The maximum atomic E-state index is 8.80. The van der Waals surface area contributed by atoms with Crippen molar-refractivity contribution in [3.8, 4) is 12.1 Å². The summed E-state index contributed by atoms with van der Waals surface area (Å²) in [6.45, 7) is 11.9. The molecule has 0 spiro atoms. The Balaban J connectivity index is 4.34. The summed E-state index contributed by atoms with van der Waals surface area (Å²) in [5.74, 6) is 1.07. The topological polar surface area (TPSA) is 54.1 Å². The van der Waals surface area contributed by atoms with Crippen molar-refractivity contribution in [2.75, 3.05) is 32.8 Å². The number of hydrogen-bond donors (Lipinski definition) is 0. The van der Waals surface area contributed by atoms with Gasteiger partial charge in [-0.3, -0.25) is 9.80 Å². The summed E-state index contributed by atoms with van der Waals surface area (Å²) < 4.78 is 0. The fourth-order valence-corrected chi connectivity index (χ4v) is 1.86. The van der Waals surface area contributed by atoms with E-state index in [0.29, 0.717) is 31.6 Å². The molecular formula is C13H24N4. The summed E-state index contributed by atoms with van der Waals surface area (Å²) in [5, 5.41) is 17.6. The van der Waals surface area contributed by atoms with Gasteiger partial charge < -0.3 is 0 Å². The monoisotopic (exact) mass is 236 g/mol. The van der Waals surface area contributed by atoms with Gasteiger partial charge in [-0.15, -0.1) is 0 Å². The molecule has 0 aliphatic carbocycles. The normalized spacial score (nSPS) is 11.2. The molecule has 4 nitrogen and oxygen atoms in total. The summed E-state index contributed by atoms with van der Waals surface area (Å²) in [6, 6.07) is 4.38. The third kappa shape index (κ3) is 8.68. The second-order valence-corrected chi connectivity index (χ2v) is 5.27. The highest BCUT2D eigenvalue weighted by Crippen LogP contribution is 2.03. The molecule has 0 aromatic heterocycles. The van der Waals surface area contributed by atoms with Crippen LogP contribution in [0, 0.1) is 34.5 Å². The number of nitriles is 2. The molecule has 0 aromatic rings. The van der Waals surface area contributed by atoms with E-state index in [1.54, 1.807) is 0 Å². The summed E-state index contributed by atoms with van der Waals surface area (Å²) in [7, 11) is 0. The van der Waals surface area contributed by atoms with Crippen molar-refractivity contribution in [1.29, 1.82) is 10.5 Å². The smallest absolute Gasteiger partial charge is 0.0876 e. The number of rotatable bonds is 8. The molecule has 0 aliphatic rings. The zero-order valence-electron chi connectivity index (χ0n) is 11.5. The molecule has 0 unspecified atom stereocenters. The van der Waals surface area contributed by atoms with E-state index in [1.165, 1.54) is 0 Å². The molecule has 0 aliphatic heterocycles. The van der Waals surface area contributed by atoms with E-state index in [-0.39, 0.29) is 0 Å². The van der Waals surface area contributed by atoms with Gasteiger partial charge in [-0.05, 0) is 11.8 Å². The second-order valence-electron chi connectivity index (χ2n) is 5.27. The highest BCUT2D eigenvalue weighted by atomic mass is 15.3. The Bertz CT molecular complexity index is 244. The van der Waals surface area contributed by atoms with E-state index < -0.39 is 0 Å². The molecule has 0 rings (SSSR count). The zero-order chi connectivity index (χ0) is 13.3. The van der Waals surface area contributed by atoms with E-state index in [4.69, 9.17) is 10.5 Å². The lowest BCUT2D eigenvalue weighted by Gasteiger charge is -2.29. The molecular weight excluding hydrogens is 212 g/mol. The first-order chi connectivity index (χ1) is 7.99. The SMILES string of the molecule is CC(C)CN(CC#N)CN(CC#N)CC(C)C. The Hall–Kier alpha value is -1.10. The third-order valence-electron chi connectivity index (χ3n) is 2.24. The second kappa shape index (κ2) is 8.98. The van der Waals surface area contributed by atoms with Crippen LogP contribution in [0.2, 0.25) is 0 Å². The van der Waals surface area contributed by atoms with Gasteiger partial charge in [0.1, 0.15) is 0 Å². The van der Waals surface area contributed by atoms with E-state index in [1.807, 2.05) is 0 Å². The van der Waals surface area contributed by atoms with E-state index in [2.05, 4.69) is 49.6 Å². The maximum absolute atomic E-state index is 8.80. The summed E-state index contributed by atoms with van der Waals surface area (Å²) >= 11 is 0. The average Bonchev–Trinajstić information content (AvgIpc) is 2.16. The Morgan fingerprint density at radius 1 is 0.824 bits per heavy atom. The lowest BCUT2D eigenvalue weighted by molar-refractivity contribution is 0.133. The predicted octanol–water partition coefficient (Wildman–Crippen LogP) is 1.91. The van der Waals surface area contributed by atoms with Gasteiger partial charge in [0.15, 0.2) is 0 Å². The van der Waals surface area contributed by atoms with Crippen LogP contribution in [0.5, 0.6) is 0 Å². The van der Waals surface area contributed by atoms with Gasteiger partial charge in [-0.1, -0.05) is 27.7 Å². The van der Waals surface area contributed by atoms with Crippen molar-refractivity contribution >= 4 is 0 Å². The van der Waals surface area contributed by atoms with Crippen LogP contribution in [0.1, 0.15) is 27.7 Å². The molecule has 0 radical (unpaired) electrons. The van der Waals surface area contributed by atoms with E-state index in [9.17, 15) is 0 Å². The number of nitrogens with zero attached hydrogens (tertiary/aromatic N) is 4. The van der Waals surface area contributed by atoms with Crippen LogP contribution in [-0.2, 0) is 0 Å². The fraction of sp³-hybridized carbons (Fsp3) is 0.846. The van der Waals surface area contributed by atoms with Gasteiger partial charge in [-0.25, -0.2) is 0 Å². The Labute approximate surface area is 105 Å². The minimum absolute atomic E-state index is 0.429. The van der Waals surface area contributed by atoms with Crippen LogP contribution in [0.15, 0.2) is 0 Å². The summed E-state index contributed by atoms with van der Waals surface area (Å²) in [5.41, 5.74) is 0. The molecule has 96 valence electrons. The Kier molecular flexibility index (Phi) is 8.40. The standard InChI is InChI=1S/C13H24N4/c1-12(2)9-16(7-5-14)11-17(8-6-15)10-13(3)4/h12-13H,7-11H2,1-4H3. The maximum Gasteiger partial charge on any atom is 0.0876 e. The quantitative estimate of drug-likeness (QED) is 0.477. The van der Waals surface area contributed by atoms with Crippen LogP contribution in [-0.4, -0.2) is 42.6 Å². The lowest BCUT2D eigenvalue weighted by atomic mass is 10.2.